The van der Waals surface area contributed by atoms with Crippen molar-refractivity contribution >= 4 is 11.6 Å². The van der Waals surface area contributed by atoms with Crippen LogP contribution in [0.15, 0.2) is 77.7 Å². The van der Waals surface area contributed by atoms with Crippen LogP contribution in [0.1, 0.15) is 17.2 Å². The van der Waals surface area contributed by atoms with Gasteiger partial charge in [0.15, 0.2) is 0 Å². The number of pyridine rings is 1. The molecule has 1 N–H and O–H groups in total. The minimum Gasteiger partial charge on any atom is -0.463 e. The van der Waals surface area contributed by atoms with Crippen molar-refractivity contribution in [1.29, 1.82) is 0 Å². The number of benzene rings is 2. The van der Waals surface area contributed by atoms with Crippen molar-refractivity contribution in [3.63, 3.8) is 0 Å². The van der Waals surface area contributed by atoms with Crippen LogP contribution in [0, 0.1) is 11.6 Å². The summed E-state index contributed by atoms with van der Waals surface area (Å²) in [5.41, 5.74) is 2.44. The van der Waals surface area contributed by atoms with Crippen LogP contribution in [0.25, 0.3) is 22.5 Å². The van der Waals surface area contributed by atoms with Gasteiger partial charge >= 0.3 is 0 Å². The molecule has 2 heterocycles. The predicted molar refractivity (Wildman–Crippen MR) is 103 cm³/mol. The van der Waals surface area contributed by atoms with E-state index in [0.717, 1.165) is 23.8 Å². The molecule has 1 unspecified atom stereocenters. The largest absolute Gasteiger partial charge is 0.463 e. The molecule has 0 spiro atoms. The number of aliphatic hydroxyl groups is 1. The predicted octanol–water partition coefficient (Wildman–Crippen LogP) is 6.02. The number of hydrogen-bond donors (Lipinski definition) is 1. The monoisotopic (exact) mass is 397 g/mol. The van der Waals surface area contributed by atoms with Gasteiger partial charge in [-0.05, 0) is 35.9 Å². The second-order valence-electron chi connectivity index (χ2n) is 6.25. The Kier molecular flexibility index (Phi) is 4.94. The van der Waals surface area contributed by atoms with Gasteiger partial charge in [-0.2, -0.15) is 0 Å². The van der Waals surface area contributed by atoms with Crippen LogP contribution < -0.4 is 0 Å². The van der Waals surface area contributed by atoms with E-state index < -0.39 is 17.7 Å². The van der Waals surface area contributed by atoms with Crippen LogP contribution >= 0.6 is 11.6 Å². The summed E-state index contributed by atoms with van der Waals surface area (Å²) >= 11 is 5.97. The summed E-state index contributed by atoms with van der Waals surface area (Å²) in [4.78, 5) is 4.03. The van der Waals surface area contributed by atoms with E-state index in [1.54, 1.807) is 42.6 Å². The Morgan fingerprint density at radius 1 is 0.964 bits per heavy atom. The summed E-state index contributed by atoms with van der Waals surface area (Å²) in [5, 5.41) is 11.6. The average molecular weight is 398 g/mol. The number of aliphatic hydroxyl groups excluding tert-OH is 1. The Bertz CT molecular complexity index is 1090. The van der Waals surface area contributed by atoms with E-state index in [-0.39, 0.29) is 11.3 Å². The van der Waals surface area contributed by atoms with Crippen molar-refractivity contribution in [1.82, 2.24) is 4.98 Å². The third-order valence-electron chi connectivity index (χ3n) is 4.38. The Hall–Kier alpha value is -3.02. The Morgan fingerprint density at radius 3 is 2.32 bits per heavy atom. The lowest BCUT2D eigenvalue weighted by Gasteiger charge is -2.14. The molecule has 3 nitrogen and oxygen atoms in total. The first-order valence-corrected chi connectivity index (χ1v) is 8.82. The number of aromatic nitrogens is 1. The van der Waals surface area contributed by atoms with Gasteiger partial charge in [0.25, 0.3) is 0 Å². The second-order valence-corrected chi connectivity index (χ2v) is 6.68. The zero-order valence-electron chi connectivity index (χ0n) is 14.4. The average Bonchev–Trinajstić information content (AvgIpc) is 3.13. The Morgan fingerprint density at radius 2 is 1.68 bits per heavy atom. The smallest absolute Gasteiger partial charge is 0.140 e. The van der Waals surface area contributed by atoms with Crippen LogP contribution in [0.5, 0.6) is 0 Å². The lowest BCUT2D eigenvalue weighted by Crippen LogP contribution is -2.02. The molecule has 1 atom stereocenters. The second kappa shape index (κ2) is 7.54. The van der Waals surface area contributed by atoms with E-state index in [4.69, 9.17) is 16.0 Å². The van der Waals surface area contributed by atoms with E-state index >= 15 is 0 Å². The molecule has 0 saturated heterocycles. The zero-order valence-corrected chi connectivity index (χ0v) is 15.2. The van der Waals surface area contributed by atoms with E-state index in [1.165, 1.54) is 12.5 Å². The first-order valence-electron chi connectivity index (χ1n) is 8.44. The molecule has 2 aromatic carbocycles. The highest BCUT2D eigenvalue weighted by Crippen LogP contribution is 2.41. The minimum atomic E-state index is -1.11. The molecule has 0 amide bonds. The lowest BCUT2D eigenvalue weighted by molar-refractivity contribution is 0.220. The van der Waals surface area contributed by atoms with Gasteiger partial charge in [0, 0.05) is 45.7 Å². The Labute approximate surface area is 164 Å². The van der Waals surface area contributed by atoms with Crippen molar-refractivity contribution < 1.29 is 18.3 Å². The quantitative estimate of drug-likeness (QED) is 0.458. The van der Waals surface area contributed by atoms with Gasteiger partial charge in [-0.3, -0.25) is 4.98 Å². The summed E-state index contributed by atoms with van der Waals surface area (Å²) in [6.07, 6.45) is 3.46. The molecule has 6 heteroatoms. The summed E-state index contributed by atoms with van der Waals surface area (Å²) in [6.45, 7) is 0. The number of rotatable bonds is 4. The minimum absolute atomic E-state index is 0.180. The molecule has 4 rings (SSSR count). The fourth-order valence-corrected chi connectivity index (χ4v) is 3.23. The van der Waals surface area contributed by atoms with E-state index in [0.29, 0.717) is 21.7 Å². The zero-order chi connectivity index (χ0) is 19.7. The highest BCUT2D eigenvalue weighted by molar-refractivity contribution is 6.30. The first-order chi connectivity index (χ1) is 13.5. The SMILES string of the molecule is OC(c1cccnc1)c1c(-c2ccc(Cl)cc2)coc1-c1cc(F)cc(F)c1. The van der Waals surface area contributed by atoms with E-state index in [2.05, 4.69) is 4.98 Å². The van der Waals surface area contributed by atoms with Gasteiger partial charge in [0.05, 0.1) is 6.26 Å². The maximum absolute atomic E-state index is 13.8. The summed E-state index contributed by atoms with van der Waals surface area (Å²) in [7, 11) is 0. The van der Waals surface area contributed by atoms with Crippen molar-refractivity contribution in [3.05, 3.63) is 101 Å². The number of nitrogens with zero attached hydrogens (tertiary/aromatic N) is 1. The van der Waals surface area contributed by atoms with Gasteiger partial charge in [-0.1, -0.05) is 29.8 Å². The van der Waals surface area contributed by atoms with E-state index in [9.17, 15) is 13.9 Å². The fraction of sp³-hybridized carbons (Fsp3) is 0.0455. The van der Waals surface area contributed by atoms with Crippen molar-refractivity contribution in [3.8, 4) is 22.5 Å². The Balaban J connectivity index is 1.93. The summed E-state index contributed by atoms with van der Waals surface area (Å²) in [6, 6.07) is 13.5. The lowest BCUT2D eigenvalue weighted by atomic mass is 9.93. The molecule has 0 saturated carbocycles. The topological polar surface area (TPSA) is 46.3 Å². The van der Waals surface area contributed by atoms with Crippen LogP contribution in [0.4, 0.5) is 8.78 Å². The number of furan rings is 1. The van der Waals surface area contributed by atoms with Gasteiger partial charge in [-0.15, -0.1) is 0 Å². The van der Waals surface area contributed by atoms with Crippen molar-refractivity contribution in [2.45, 2.75) is 6.10 Å². The molecule has 0 aliphatic heterocycles. The molecular weight excluding hydrogens is 384 g/mol. The summed E-state index contributed by atoms with van der Waals surface area (Å²) < 4.78 is 33.2. The highest BCUT2D eigenvalue weighted by Gasteiger charge is 2.25. The fourth-order valence-electron chi connectivity index (χ4n) is 3.10. The van der Waals surface area contributed by atoms with Gasteiger partial charge < -0.3 is 9.52 Å². The van der Waals surface area contributed by atoms with Crippen LogP contribution in [-0.2, 0) is 0 Å². The van der Waals surface area contributed by atoms with Crippen LogP contribution in [-0.4, -0.2) is 10.1 Å². The molecule has 0 aliphatic rings. The van der Waals surface area contributed by atoms with Crippen molar-refractivity contribution in [2.24, 2.45) is 0 Å². The van der Waals surface area contributed by atoms with Crippen LogP contribution in [0.2, 0.25) is 5.02 Å². The first kappa shape index (κ1) is 18.3. The van der Waals surface area contributed by atoms with E-state index in [1.807, 2.05) is 0 Å². The van der Waals surface area contributed by atoms with Gasteiger partial charge in [0.2, 0.25) is 0 Å². The molecule has 28 heavy (non-hydrogen) atoms. The normalized spacial score (nSPS) is 12.1. The maximum Gasteiger partial charge on any atom is 0.140 e. The standard InChI is InChI=1S/C22H14ClF2NO2/c23-16-5-3-13(4-6-16)19-12-28-22(15-8-17(24)10-18(25)9-15)20(19)21(27)14-2-1-7-26-11-14/h1-12,21,27H. The number of halogens is 3. The molecule has 0 fully saturated rings. The van der Waals surface area contributed by atoms with Crippen LogP contribution in [0.3, 0.4) is 0 Å². The number of hydrogen-bond acceptors (Lipinski definition) is 3. The molecule has 140 valence electrons. The van der Waals surface area contributed by atoms with Crippen molar-refractivity contribution in [2.75, 3.05) is 0 Å². The molecule has 0 aliphatic carbocycles. The molecule has 0 bridgehead atoms. The van der Waals surface area contributed by atoms with Gasteiger partial charge in [-0.25, -0.2) is 8.78 Å². The molecule has 4 aromatic rings. The molecule has 0 radical (unpaired) electrons. The van der Waals surface area contributed by atoms with Gasteiger partial charge in [0.1, 0.15) is 23.5 Å². The third-order valence-corrected chi connectivity index (χ3v) is 4.63. The maximum atomic E-state index is 13.8. The molecule has 2 aromatic heterocycles. The molecular formula is C22H14ClF2NO2. The summed E-state index contributed by atoms with van der Waals surface area (Å²) in [5.74, 6) is -1.29. The highest BCUT2D eigenvalue weighted by atomic mass is 35.5. The third kappa shape index (κ3) is 3.54.